The summed E-state index contributed by atoms with van der Waals surface area (Å²) >= 11 is 0. The SMILES string of the molecule is CCCCNc1c(C(=O)C(=O)N2CCN(C(=O)c3ccccc3)C[C@H]2C)cnc2c1cnn2CC. The summed E-state index contributed by atoms with van der Waals surface area (Å²) in [5, 5.41) is 8.45. The average molecular weight is 477 g/mol. The van der Waals surface area contributed by atoms with Gasteiger partial charge in [0, 0.05) is 50.5 Å². The summed E-state index contributed by atoms with van der Waals surface area (Å²) in [7, 11) is 0. The maximum Gasteiger partial charge on any atom is 0.295 e. The summed E-state index contributed by atoms with van der Waals surface area (Å²) in [6.45, 7) is 8.31. The van der Waals surface area contributed by atoms with Crippen LogP contribution in [0.25, 0.3) is 11.0 Å². The minimum atomic E-state index is -0.600. The van der Waals surface area contributed by atoms with E-state index in [4.69, 9.17) is 0 Å². The van der Waals surface area contributed by atoms with Gasteiger partial charge in [0.1, 0.15) is 0 Å². The highest BCUT2D eigenvalue weighted by atomic mass is 16.2. The van der Waals surface area contributed by atoms with Crippen molar-refractivity contribution in [3.05, 3.63) is 53.9 Å². The van der Waals surface area contributed by atoms with E-state index in [2.05, 4.69) is 22.3 Å². The lowest BCUT2D eigenvalue weighted by molar-refractivity contribution is -0.130. The second-order valence-electron chi connectivity index (χ2n) is 8.82. The van der Waals surface area contributed by atoms with E-state index in [-0.39, 0.29) is 17.5 Å². The Balaban J connectivity index is 1.54. The fourth-order valence-electron chi connectivity index (χ4n) is 4.46. The molecule has 0 spiro atoms. The van der Waals surface area contributed by atoms with E-state index >= 15 is 0 Å². The Kier molecular flexibility index (Phi) is 7.43. The average Bonchev–Trinajstić information content (AvgIpc) is 3.31. The van der Waals surface area contributed by atoms with Gasteiger partial charge < -0.3 is 15.1 Å². The molecule has 1 aliphatic rings. The molecule has 3 heterocycles. The molecule has 1 aliphatic heterocycles. The summed E-state index contributed by atoms with van der Waals surface area (Å²) in [6.07, 6.45) is 5.10. The maximum absolute atomic E-state index is 13.4. The fourth-order valence-corrected chi connectivity index (χ4v) is 4.46. The van der Waals surface area contributed by atoms with Crippen molar-refractivity contribution < 1.29 is 14.4 Å². The third-order valence-corrected chi connectivity index (χ3v) is 6.43. The first kappa shape index (κ1) is 24.4. The van der Waals surface area contributed by atoms with Crippen molar-refractivity contribution in [2.24, 2.45) is 0 Å². The van der Waals surface area contributed by atoms with Crippen molar-refractivity contribution in [1.82, 2.24) is 24.6 Å². The normalized spacial score (nSPS) is 15.9. The molecule has 0 unspecified atom stereocenters. The monoisotopic (exact) mass is 476 g/mol. The number of Topliss-reactive ketones (excluding diaryl/α,β-unsaturated/α-hetero) is 1. The van der Waals surface area contributed by atoms with Crippen LogP contribution in [0.2, 0.25) is 0 Å². The van der Waals surface area contributed by atoms with Crippen LogP contribution in [-0.4, -0.2) is 74.4 Å². The molecular formula is C26H32N6O3. The van der Waals surface area contributed by atoms with Crippen molar-refractivity contribution in [2.75, 3.05) is 31.5 Å². The lowest BCUT2D eigenvalue weighted by atomic mass is 10.1. The Morgan fingerprint density at radius 2 is 1.86 bits per heavy atom. The van der Waals surface area contributed by atoms with Crippen LogP contribution < -0.4 is 5.32 Å². The molecular weight excluding hydrogens is 444 g/mol. The first-order valence-electron chi connectivity index (χ1n) is 12.2. The molecule has 0 bridgehead atoms. The molecule has 3 aromatic rings. The Morgan fingerprint density at radius 3 is 2.54 bits per heavy atom. The number of benzene rings is 1. The highest BCUT2D eigenvalue weighted by Crippen LogP contribution is 2.27. The van der Waals surface area contributed by atoms with Gasteiger partial charge in [-0.25, -0.2) is 9.67 Å². The van der Waals surface area contributed by atoms with Crippen LogP contribution in [0, 0.1) is 0 Å². The third-order valence-electron chi connectivity index (χ3n) is 6.43. The lowest BCUT2D eigenvalue weighted by Gasteiger charge is -2.39. The smallest absolute Gasteiger partial charge is 0.295 e. The molecule has 1 fully saturated rings. The van der Waals surface area contributed by atoms with Gasteiger partial charge in [0.15, 0.2) is 5.65 Å². The van der Waals surface area contributed by atoms with Crippen LogP contribution in [0.1, 0.15) is 54.3 Å². The minimum absolute atomic E-state index is 0.0686. The highest BCUT2D eigenvalue weighted by molar-refractivity contribution is 6.44. The molecule has 4 rings (SSSR count). The number of pyridine rings is 1. The molecule has 1 saturated heterocycles. The molecule has 0 aliphatic carbocycles. The minimum Gasteiger partial charge on any atom is -0.384 e. The Bertz CT molecular complexity index is 1220. The number of carbonyl (C=O) groups is 3. The largest absolute Gasteiger partial charge is 0.384 e. The van der Waals surface area contributed by atoms with E-state index < -0.39 is 11.7 Å². The molecule has 35 heavy (non-hydrogen) atoms. The topological polar surface area (TPSA) is 100 Å². The summed E-state index contributed by atoms with van der Waals surface area (Å²) in [6, 6.07) is 8.80. The number of anilines is 1. The van der Waals surface area contributed by atoms with Gasteiger partial charge in [-0.3, -0.25) is 14.4 Å². The molecule has 1 N–H and O–H groups in total. The van der Waals surface area contributed by atoms with Crippen LogP contribution in [0.15, 0.2) is 42.7 Å². The second-order valence-corrected chi connectivity index (χ2v) is 8.82. The number of ketones is 1. The van der Waals surface area contributed by atoms with Gasteiger partial charge in [0.2, 0.25) is 0 Å². The van der Waals surface area contributed by atoms with E-state index in [1.807, 2.05) is 32.0 Å². The molecule has 9 nitrogen and oxygen atoms in total. The van der Waals surface area contributed by atoms with E-state index in [1.54, 1.807) is 32.8 Å². The Labute approximate surface area is 205 Å². The van der Waals surface area contributed by atoms with E-state index in [1.165, 1.54) is 6.20 Å². The molecule has 2 amide bonds. The zero-order valence-electron chi connectivity index (χ0n) is 20.5. The number of amides is 2. The maximum atomic E-state index is 13.4. The number of aryl methyl sites for hydroxylation is 1. The Morgan fingerprint density at radius 1 is 1.09 bits per heavy atom. The predicted molar refractivity (Wildman–Crippen MR) is 134 cm³/mol. The zero-order chi connectivity index (χ0) is 24.9. The van der Waals surface area contributed by atoms with Crippen molar-refractivity contribution in [3.63, 3.8) is 0 Å². The number of carbonyl (C=O) groups excluding carboxylic acids is 3. The standard InChI is InChI=1S/C26H32N6O3/c1-4-6-12-27-22-20(15-28-24-21(22)16-29-32(24)5-2)23(33)26(35)31-14-13-30(17-18(31)3)25(34)19-10-8-7-9-11-19/h7-11,15-16,18H,4-6,12-14,17H2,1-3H3,(H,27,28)/t18-/m1/s1. The van der Waals surface area contributed by atoms with Crippen molar-refractivity contribution >= 4 is 34.3 Å². The zero-order valence-corrected chi connectivity index (χ0v) is 20.5. The van der Waals surface area contributed by atoms with E-state index in [0.29, 0.717) is 49.6 Å². The van der Waals surface area contributed by atoms with Crippen LogP contribution in [-0.2, 0) is 11.3 Å². The van der Waals surface area contributed by atoms with Gasteiger partial charge >= 0.3 is 0 Å². The van der Waals surface area contributed by atoms with Gasteiger partial charge in [0.25, 0.3) is 17.6 Å². The number of hydrogen-bond acceptors (Lipinski definition) is 6. The van der Waals surface area contributed by atoms with Gasteiger partial charge in [-0.1, -0.05) is 31.5 Å². The van der Waals surface area contributed by atoms with Gasteiger partial charge in [-0.15, -0.1) is 0 Å². The van der Waals surface area contributed by atoms with Gasteiger partial charge in [0.05, 0.1) is 22.8 Å². The predicted octanol–water partition coefficient (Wildman–Crippen LogP) is 3.22. The molecule has 9 heteroatoms. The number of rotatable bonds is 8. The number of fused-ring (bicyclic) bond motifs is 1. The third kappa shape index (κ3) is 4.89. The highest BCUT2D eigenvalue weighted by Gasteiger charge is 2.34. The number of unbranched alkanes of at least 4 members (excludes halogenated alkanes) is 1. The van der Waals surface area contributed by atoms with Crippen LogP contribution in [0.5, 0.6) is 0 Å². The van der Waals surface area contributed by atoms with Gasteiger partial charge in [-0.05, 0) is 32.4 Å². The van der Waals surface area contributed by atoms with Gasteiger partial charge in [-0.2, -0.15) is 5.10 Å². The molecule has 0 radical (unpaired) electrons. The number of nitrogens with zero attached hydrogens (tertiary/aromatic N) is 5. The van der Waals surface area contributed by atoms with Crippen molar-refractivity contribution in [2.45, 2.75) is 46.2 Å². The fraction of sp³-hybridized carbons (Fsp3) is 0.423. The first-order chi connectivity index (χ1) is 17.0. The first-order valence-corrected chi connectivity index (χ1v) is 12.2. The molecule has 0 saturated carbocycles. The quantitative estimate of drug-likeness (QED) is 0.304. The molecule has 2 aromatic heterocycles. The molecule has 1 atom stereocenters. The molecule has 184 valence electrons. The number of hydrogen-bond donors (Lipinski definition) is 1. The summed E-state index contributed by atoms with van der Waals surface area (Å²) in [4.78, 5) is 47.3. The van der Waals surface area contributed by atoms with Crippen LogP contribution >= 0.6 is 0 Å². The molecule has 1 aromatic carbocycles. The van der Waals surface area contributed by atoms with E-state index in [9.17, 15) is 14.4 Å². The van der Waals surface area contributed by atoms with Crippen LogP contribution in [0.4, 0.5) is 5.69 Å². The second kappa shape index (κ2) is 10.7. The van der Waals surface area contributed by atoms with Crippen molar-refractivity contribution in [1.29, 1.82) is 0 Å². The van der Waals surface area contributed by atoms with Crippen molar-refractivity contribution in [3.8, 4) is 0 Å². The number of piperazine rings is 1. The summed E-state index contributed by atoms with van der Waals surface area (Å²) in [5.41, 5.74) is 2.15. The summed E-state index contributed by atoms with van der Waals surface area (Å²) < 4.78 is 1.77. The number of nitrogens with one attached hydrogen (secondary N) is 1. The summed E-state index contributed by atoms with van der Waals surface area (Å²) in [5.74, 6) is -1.25. The lowest BCUT2D eigenvalue weighted by Crippen LogP contribution is -2.56. The Hall–Kier alpha value is -3.75. The van der Waals surface area contributed by atoms with E-state index in [0.717, 1.165) is 18.2 Å². The van der Waals surface area contributed by atoms with Crippen LogP contribution in [0.3, 0.4) is 0 Å². The number of aromatic nitrogens is 3.